The van der Waals surface area contributed by atoms with Crippen LogP contribution in [0.4, 0.5) is 0 Å². The molecule has 0 amide bonds. The molecule has 8 heteroatoms. The maximum atomic E-state index is 12.4. The Kier molecular flexibility index (Phi) is 27.7. The molecule has 2 unspecified atom stereocenters. The van der Waals surface area contributed by atoms with Gasteiger partial charge in [-0.1, -0.05) is 136 Å². The van der Waals surface area contributed by atoms with E-state index in [4.69, 9.17) is 14.2 Å². The average molecular weight is 629 g/mol. The van der Waals surface area contributed by atoms with Gasteiger partial charge in [0.1, 0.15) is 6.61 Å². The predicted octanol–water partition coefficient (Wildman–Crippen LogP) is 8.63. The molecule has 1 N–H and O–H groups in total. The summed E-state index contributed by atoms with van der Waals surface area (Å²) in [7, 11) is 5.48. The van der Waals surface area contributed by atoms with Crippen molar-refractivity contribution in [1.29, 1.82) is 0 Å². The zero-order chi connectivity index (χ0) is 32.9. The van der Waals surface area contributed by atoms with Gasteiger partial charge in [0.15, 0.2) is 12.1 Å². The Morgan fingerprint density at radius 3 is 1.43 bits per heavy atom. The average Bonchev–Trinajstić information content (AvgIpc) is 2.97. The van der Waals surface area contributed by atoms with E-state index < -0.39 is 18.1 Å². The number of nitrogens with zero attached hydrogens (tertiary/aromatic N) is 1. The van der Waals surface area contributed by atoms with E-state index in [0.29, 0.717) is 12.8 Å². The standard InChI is InChI=1S/C36H69NO7/c1-6-8-9-10-11-12-13-14-15-16-17-18-19-20-21-22-23-24-25-26-27-35(39)44-32(31-43-34(38)7-2)30-42-29-28-33(36(40)41)37(3,4)5/h32-33H,6-31H2,1-5H3/p+1. The minimum absolute atomic E-state index is 0.0602. The highest BCUT2D eigenvalue weighted by Crippen LogP contribution is 2.15. The third-order valence-electron chi connectivity index (χ3n) is 8.31. The van der Waals surface area contributed by atoms with Crippen molar-refractivity contribution in [2.24, 2.45) is 0 Å². The second-order valence-electron chi connectivity index (χ2n) is 13.4. The van der Waals surface area contributed by atoms with E-state index in [1.807, 2.05) is 21.1 Å². The first-order valence-corrected chi connectivity index (χ1v) is 18.1. The van der Waals surface area contributed by atoms with E-state index in [0.717, 1.165) is 19.3 Å². The summed E-state index contributed by atoms with van der Waals surface area (Å²) in [5.41, 5.74) is 0. The molecule has 0 saturated heterocycles. The van der Waals surface area contributed by atoms with Gasteiger partial charge in [-0.25, -0.2) is 4.79 Å². The van der Waals surface area contributed by atoms with Crippen molar-refractivity contribution in [3.8, 4) is 0 Å². The first kappa shape index (κ1) is 42.3. The smallest absolute Gasteiger partial charge is 0.362 e. The summed E-state index contributed by atoms with van der Waals surface area (Å²) in [6.45, 7) is 4.19. The molecule has 0 aliphatic heterocycles. The Morgan fingerprint density at radius 2 is 1.05 bits per heavy atom. The van der Waals surface area contributed by atoms with Crippen LogP contribution in [-0.2, 0) is 28.6 Å². The SMILES string of the molecule is CCCCCCCCCCCCCCCCCCCCCCC(=O)OC(COCCC(C(=O)O)[N+](C)(C)C)COC(=O)CC. The molecule has 44 heavy (non-hydrogen) atoms. The Hall–Kier alpha value is -1.67. The summed E-state index contributed by atoms with van der Waals surface area (Å²) in [4.78, 5) is 35.6. The Bertz CT molecular complexity index is 707. The molecule has 0 radical (unpaired) electrons. The van der Waals surface area contributed by atoms with E-state index in [1.165, 1.54) is 109 Å². The number of carbonyl (C=O) groups is 3. The highest BCUT2D eigenvalue weighted by Gasteiger charge is 2.31. The summed E-state index contributed by atoms with van der Waals surface area (Å²) in [5, 5.41) is 9.47. The Labute approximate surface area is 270 Å². The van der Waals surface area contributed by atoms with Gasteiger partial charge >= 0.3 is 17.9 Å². The minimum Gasteiger partial charge on any atom is -0.477 e. The van der Waals surface area contributed by atoms with Crippen LogP contribution in [0, 0.1) is 0 Å². The molecule has 2 atom stereocenters. The van der Waals surface area contributed by atoms with Crippen LogP contribution >= 0.6 is 0 Å². The number of likely N-dealkylation sites (N-methyl/N-ethyl adjacent to an activating group) is 1. The molecule has 0 aliphatic carbocycles. The molecular weight excluding hydrogens is 558 g/mol. The third-order valence-corrected chi connectivity index (χ3v) is 8.31. The molecule has 0 spiro atoms. The summed E-state index contributed by atoms with van der Waals surface area (Å²) in [6, 6.07) is -0.604. The lowest BCUT2D eigenvalue weighted by atomic mass is 10.0. The van der Waals surface area contributed by atoms with Crippen molar-refractivity contribution in [1.82, 2.24) is 0 Å². The molecule has 0 saturated carbocycles. The van der Waals surface area contributed by atoms with Gasteiger partial charge in [0.2, 0.25) is 0 Å². The van der Waals surface area contributed by atoms with Crippen LogP contribution in [0.15, 0.2) is 0 Å². The number of quaternary nitrogens is 1. The lowest BCUT2D eigenvalue weighted by Gasteiger charge is -2.31. The molecule has 0 aromatic heterocycles. The normalized spacial score (nSPS) is 13.0. The number of carbonyl (C=O) groups excluding carboxylic acids is 2. The second-order valence-corrected chi connectivity index (χ2v) is 13.4. The lowest BCUT2D eigenvalue weighted by molar-refractivity contribution is -0.887. The quantitative estimate of drug-likeness (QED) is 0.0452. The predicted molar refractivity (Wildman–Crippen MR) is 179 cm³/mol. The van der Waals surface area contributed by atoms with Crippen molar-refractivity contribution in [2.75, 3.05) is 41.0 Å². The highest BCUT2D eigenvalue weighted by atomic mass is 16.6. The van der Waals surface area contributed by atoms with Crippen LogP contribution in [0.5, 0.6) is 0 Å². The van der Waals surface area contributed by atoms with Crippen molar-refractivity contribution in [2.45, 2.75) is 174 Å². The fraction of sp³-hybridized carbons (Fsp3) is 0.917. The zero-order valence-corrected chi connectivity index (χ0v) is 29.4. The number of unbranched alkanes of at least 4 members (excludes halogenated alkanes) is 19. The van der Waals surface area contributed by atoms with Gasteiger partial charge in [0, 0.05) is 19.3 Å². The van der Waals surface area contributed by atoms with Crippen LogP contribution < -0.4 is 0 Å². The maximum Gasteiger partial charge on any atom is 0.362 e. The largest absolute Gasteiger partial charge is 0.477 e. The number of esters is 2. The zero-order valence-electron chi connectivity index (χ0n) is 29.4. The summed E-state index contributed by atoms with van der Waals surface area (Å²) < 4.78 is 16.7. The summed E-state index contributed by atoms with van der Waals surface area (Å²) >= 11 is 0. The van der Waals surface area contributed by atoms with Crippen molar-refractivity contribution in [3.05, 3.63) is 0 Å². The summed E-state index contributed by atoms with van der Waals surface area (Å²) in [5.74, 6) is -1.56. The molecule has 0 heterocycles. The van der Waals surface area contributed by atoms with Gasteiger partial charge in [-0.05, 0) is 6.42 Å². The lowest BCUT2D eigenvalue weighted by Crippen LogP contribution is -2.50. The van der Waals surface area contributed by atoms with Gasteiger partial charge in [-0.15, -0.1) is 0 Å². The third kappa shape index (κ3) is 26.7. The first-order valence-electron chi connectivity index (χ1n) is 18.1. The summed E-state index contributed by atoms with van der Waals surface area (Å²) in [6.07, 6.45) is 26.5. The number of ether oxygens (including phenoxy) is 3. The number of hydrogen-bond donors (Lipinski definition) is 1. The molecule has 8 nitrogen and oxygen atoms in total. The Morgan fingerprint density at radius 1 is 0.614 bits per heavy atom. The maximum absolute atomic E-state index is 12.4. The first-order chi connectivity index (χ1) is 21.1. The van der Waals surface area contributed by atoms with Crippen LogP contribution in [0.25, 0.3) is 0 Å². The van der Waals surface area contributed by atoms with Crippen LogP contribution in [0.3, 0.4) is 0 Å². The molecule has 0 aliphatic rings. The molecular formula is C36H70NO7+. The van der Waals surface area contributed by atoms with Crippen LogP contribution in [0.1, 0.15) is 162 Å². The van der Waals surface area contributed by atoms with Crippen molar-refractivity contribution in [3.63, 3.8) is 0 Å². The molecule has 0 aromatic rings. The molecule has 0 rings (SSSR count). The molecule has 0 fully saturated rings. The molecule has 260 valence electrons. The van der Waals surface area contributed by atoms with E-state index >= 15 is 0 Å². The van der Waals surface area contributed by atoms with Crippen LogP contribution in [0.2, 0.25) is 0 Å². The van der Waals surface area contributed by atoms with Gasteiger partial charge in [-0.2, -0.15) is 0 Å². The number of hydrogen-bond acceptors (Lipinski definition) is 6. The fourth-order valence-corrected chi connectivity index (χ4v) is 5.43. The second kappa shape index (κ2) is 28.8. The topological polar surface area (TPSA) is 99.1 Å². The van der Waals surface area contributed by atoms with E-state index in [2.05, 4.69) is 6.92 Å². The number of carboxylic acid groups (broad SMARTS) is 1. The minimum atomic E-state index is -0.879. The molecule has 0 aromatic carbocycles. The van der Waals surface area contributed by atoms with E-state index in [-0.39, 0.29) is 42.7 Å². The van der Waals surface area contributed by atoms with Crippen molar-refractivity contribution < 1.29 is 38.2 Å². The highest BCUT2D eigenvalue weighted by molar-refractivity contribution is 5.72. The molecule has 0 bridgehead atoms. The van der Waals surface area contributed by atoms with Crippen LogP contribution in [-0.4, -0.2) is 80.6 Å². The number of carboxylic acids is 1. The fourth-order valence-electron chi connectivity index (χ4n) is 5.43. The van der Waals surface area contributed by atoms with Gasteiger partial charge in [0.25, 0.3) is 0 Å². The Balaban J connectivity index is 3.86. The van der Waals surface area contributed by atoms with Gasteiger partial charge < -0.3 is 23.8 Å². The monoisotopic (exact) mass is 629 g/mol. The van der Waals surface area contributed by atoms with Crippen molar-refractivity contribution >= 4 is 17.9 Å². The number of rotatable bonds is 32. The van der Waals surface area contributed by atoms with E-state index in [1.54, 1.807) is 6.92 Å². The number of aliphatic carboxylic acids is 1. The van der Waals surface area contributed by atoms with Gasteiger partial charge in [0.05, 0.1) is 34.4 Å². The van der Waals surface area contributed by atoms with Gasteiger partial charge in [-0.3, -0.25) is 9.59 Å². The van der Waals surface area contributed by atoms with E-state index in [9.17, 15) is 19.5 Å².